The molecule has 0 radical (unpaired) electrons. The second-order valence-electron chi connectivity index (χ2n) is 4.98. The SMILES string of the molecule is CC1CNC2c3ccccc3CC2S(=O)C1. The molecule has 4 atom stereocenters. The standard InChI is InChI=1S/C13H17NOS/c1-9-7-14-13-11-5-3-2-4-10(11)6-12(13)16(15)8-9/h2-5,9,12-14H,6-8H2,1H3. The fraction of sp³-hybridized carbons (Fsp3) is 0.538. The molecule has 4 unspecified atom stereocenters. The summed E-state index contributed by atoms with van der Waals surface area (Å²) in [6.07, 6.45) is 0.979. The molecule has 86 valence electrons. The average Bonchev–Trinajstić information content (AvgIpc) is 2.58. The number of nitrogens with one attached hydrogen (secondary N) is 1. The molecule has 0 saturated carbocycles. The molecule has 1 heterocycles. The maximum absolute atomic E-state index is 12.2. The van der Waals surface area contributed by atoms with E-state index in [0.717, 1.165) is 18.7 Å². The van der Waals surface area contributed by atoms with E-state index < -0.39 is 10.8 Å². The van der Waals surface area contributed by atoms with Crippen LogP contribution >= 0.6 is 0 Å². The monoisotopic (exact) mass is 235 g/mol. The van der Waals surface area contributed by atoms with Crippen molar-refractivity contribution in [2.45, 2.75) is 24.6 Å². The minimum Gasteiger partial charge on any atom is -0.309 e. The van der Waals surface area contributed by atoms with Gasteiger partial charge in [-0.2, -0.15) is 0 Å². The van der Waals surface area contributed by atoms with E-state index in [1.807, 2.05) is 0 Å². The maximum Gasteiger partial charge on any atom is 0.0583 e. The maximum atomic E-state index is 12.2. The van der Waals surface area contributed by atoms with Crippen molar-refractivity contribution in [3.8, 4) is 0 Å². The fourth-order valence-electron chi connectivity index (χ4n) is 2.84. The lowest BCUT2D eigenvalue weighted by atomic mass is 10.1. The van der Waals surface area contributed by atoms with E-state index in [-0.39, 0.29) is 0 Å². The highest BCUT2D eigenvalue weighted by Gasteiger charge is 2.38. The zero-order chi connectivity index (χ0) is 11.1. The summed E-state index contributed by atoms with van der Waals surface area (Å²) in [5.74, 6) is 1.38. The van der Waals surface area contributed by atoms with Crippen molar-refractivity contribution >= 4 is 10.8 Å². The van der Waals surface area contributed by atoms with Gasteiger partial charge in [0.25, 0.3) is 0 Å². The molecule has 1 aliphatic carbocycles. The molecule has 1 fully saturated rings. The smallest absolute Gasteiger partial charge is 0.0583 e. The molecular formula is C13H17NOS. The molecular weight excluding hydrogens is 218 g/mol. The van der Waals surface area contributed by atoms with Gasteiger partial charge in [-0.1, -0.05) is 31.2 Å². The molecule has 1 N–H and O–H groups in total. The van der Waals surface area contributed by atoms with Crippen molar-refractivity contribution in [1.82, 2.24) is 5.32 Å². The van der Waals surface area contributed by atoms with Crippen molar-refractivity contribution in [2.75, 3.05) is 12.3 Å². The average molecular weight is 235 g/mol. The number of fused-ring (bicyclic) bond motifs is 3. The minimum absolute atomic E-state index is 0.294. The lowest BCUT2D eigenvalue weighted by Gasteiger charge is -2.17. The Morgan fingerprint density at radius 2 is 2.19 bits per heavy atom. The summed E-state index contributed by atoms with van der Waals surface area (Å²) in [6.45, 7) is 3.17. The van der Waals surface area contributed by atoms with E-state index in [1.165, 1.54) is 11.1 Å². The van der Waals surface area contributed by atoms with Gasteiger partial charge >= 0.3 is 0 Å². The Morgan fingerprint density at radius 1 is 1.38 bits per heavy atom. The summed E-state index contributed by atoms with van der Waals surface area (Å²) in [4.78, 5) is 0. The van der Waals surface area contributed by atoms with Gasteiger partial charge in [0.05, 0.1) is 5.25 Å². The van der Waals surface area contributed by atoms with Crippen LogP contribution in [0.2, 0.25) is 0 Å². The van der Waals surface area contributed by atoms with Crippen molar-refractivity contribution in [3.63, 3.8) is 0 Å². The van der Waals surface area contributed by atoms with Crippen molar-refractivity contribution in [2.24, 2.45) is 5.92 Å². The Bertz CT molecular complexity index is 432. The van der Waals surface area contributed by atoms with Gasteiger partial charge in [-0.05, 0) is 30.0 Å². The molecule has 16 heavy (non-hydrogen) atoms. The normalized spacial score (nSPS) is 37.6. The van der Waals surface area contributed by atoms with Gasteiger partial charge in [0.1, 0.15) is 0 Å². The van der Waals surface area contributed by atoms with Crippen LogP contribution in [0, 0.1) is 5.92 Å². The summed E-state index contributed by atoms with van der Waals surface area (Å²) in [6, 6.07) is 8.84. The van der Waals surface area contributed by atoms with Crippen LogP contribution < -0.4 is 5.32 Å². The highest BCUT2D eigenvalue weighted by atomic mass is 32.2. The lowest BCUT2D eigenvalue weighted by Crippen LogP contribution is -2.29. The Balaban J connectivity index is 1.98. The van der Waals surface area contributed by atoms with E-state index in [0.29, 0.717) is 17.2 Å². The number of benzene rings is 1. The molecule has 1 saturated heterocycles. The number of rotatable bonds is 0. The molecule has 0 bridgehead atoms. The van der Waals surface area contributed by atoms with Crippen LogP contribution in [0.3, 0.4) is 0 Å². The first-order valence-corrected chi connectivity index (χ1v) is 7.32. The van der Waals surface area contributed by atoms with Crippen LogP contribution in [0.25, 0.3) is 0 Å². The predicted octanol–water partition coefficient (Wildman–Crippen LogP) is 1.64. The van der Waals surface area contributed by atoms with Crippen LogP contribution in [-0.2, 0) is 17.2 Å². The van der Waals surface area contributed by atoms with Gasteiger partial charge in [0.15, 0.2) is 0 Å². The summed E-state index contributed by atoms with van der Waals surface area (Å²) in [5.41, 5.74) is 2.75. The Hall–Kier alpha value is -0.670. The highest BCUT2D eigenvalue weighted by Crippen LogP contribution is 2.36. The quantitative estimate of drug-likeness (QED) is 0.740. The first kappa shape index (κ1) is 10.5. The molecule has 3 heteroatoms. The summed E-state index contributed by atoms with van der Waals surface area (Å²) < 4.78 is 12.2. The lowest BCUT2D eigenvalue weighted by molar-refractivity contribution is 0.497. The summed E-state index contributed by atoms with van der Waals surface area (Å²) in [5, 5.41) is 3.88. The molecule has 1 aromatic carbocycles. The van der Waals surface area contributed by atoms with E-state index >= 15 is 0 Å². The first-order valence-electron chi connectivity index (χ1n) is 5.94. The van der Waals surface area contributed by atoms with Crippen molar-refractivity contribution in [1.29, 1.82) is 0 Å². The van der Waals surface area contributed by atoms with E-state index in [4.69, 9.17) is 0 Å². The third kappa shape index (κ3) is 1.62. The van der Waals surface area contributed by atoms with Gasteiger partial charge in [-0.3, -0.25) is 4.21 Å². The Labute approximate surface area is 98.9 Å². The molecule has 0 spiro atoms. The number of hydrogen-bond donors (Lipinski definition) is 1. The predicted molar refractivity (Wildman–Crippen MR) is 66.9 cm³/mol. The Kier molecular flexibility index (Phi) is 2.60. The van der Waals surface area contributed by atoms with Crippen LogP contribution in [-0.4, -0.2) is 21.8 Å². The molecule has 3 rings (SSSR count). The molecule has 2 aliphatic rings. The topological polar surface area (TPSA) is 29.1 Å². The van der Waals surface area contributed by atoms with Gasteiger partial charge in [-0.15, -0.1) is 0 Å². The van der Waals surface area contributed by atoms with E-state index in [9.17, 15) is 4.21 Å². The van der Waals surface area contributed by atoms with Gasteiger partial charge < -0.3 is 5.32 Å². The number of hydrogen-bond acceptors (Lipinski definition) is 2. The Morgan fingerprint density at radius 3 is 3.06 bits per heavy atom. The molecule has 1 aromatic rings. The van der Waals surface area contributed by atoms with Gasteiger partial charge in [0, 0.05) is 22.6 Å². The highest BCUT2D eigenvalue weighted by molar-refractivity contribution is 7.85. The van der Waals surface area contributed by atoms with E-state index in [1.54, 1.807) is 0 Å². The van der Waals surface area contributed by atoms with E-state index in [2.05, 4.69) is 36.5 Å². The minimum atomic E-state index is -0.682. The molecule has 0 aromatic heterocycles. The van der Waals surface area contributed by atoms with Crippen LogP contribution in [0.4, 0.5) is 0 Å². The summed E-state index contributed by atoms with van der Waals surface area (Å²) in [7, 11) is -0.682. The molecule has 2 nitrogen and oxygen atoms in total. The van der Waals surface area contributed by atoms with Crippen LogP contribution in [0.5, 0.6) is 0 Å². The third-order valence-corrected chi connectivity index (χ3v) is 5.67. The zero-order valence-electron chi connectivity index (χ0n) is 9.48. The van der Waals surface area contributed by atoms with Crippen LogP contribution in [0.15, 0.2) is 24.3 Å². The second-order valence-corrected chi connectivity index (χ2v) is 6.68. The van der Waals surface area contributed by atoms with Crippen LogP contribution in [0.1, 0.15) is 24.1 Å². The van der Waals surface area contributed by atoms with Crippen molar-refractivity contribution < 1.29 is 4.21 Å². The van der Waals surface area contributed by atoms with Crippen molar-refractivity contribution in [3.05, 3.63) is 35.4 Å². The zero-order valence-corrected chi connectivity index (χ0v) is 10.3. The second kappa shape index (κ2) is 3.97. The molecule has 1 aliphatic heterocycles. The first-order chi connectivity index (χ1) is 7.75. The third-order valence-electron chi connectivity index (χ3n) is 3.66. The fourth-order valence-corrected chi connectivity index (χ4v) is 4.67. The largest absolute Gasteiger partial charge is 0.309 e. The molecule has 0 amide bonds. The van der Waals surface area contributed by atoms with Gasteiger partial charge in [-0.25, -0.2) is 0 Å². The van der Waals surface area contributed by atoms with Gasteiger partial charge in [0.2, 0.25) is 0 Å². The summed E-state index contributed by atoms with van der Waals surface area (Å²) >= 11 is 0.